The maximum absolute atomic E-state index is 10.6. The van der Waals surface area contributed by atoms with E-state index in [0.717, 1.165) is 18.8 Å². The van der Waals surface area contributed by atoms with E-state index in [9.17, 15) is 4.79 Å². The summed E-state index contributed by atoms with van der Waals surface area (Å²) < 4.78 is 5.25. The molecular formula is C13H19N3O2. The zero-order valence-corrected chi connectivity index (χ0v) is 10.3. The van der Waals surface area contributed by atoms with E-state index in [0.29, 0.717) is 11.8 Å². The van der Waals surface area contributed by atoms with Crippen molar-refractivity contribution in [2.24, 2.45) is 5.73 Å². The van der Waals surface area contributed by atoms with Gasteiger partial charge in [-0.25, -0.2) is 0 Å². The van der Waals surface area contributed by atoms with E-state index in [4.69, 9.17) is 10.5 Å². The van der Waals surface area contributed by atoms with Crippen molar-refractivity contribution in [3.8, 4) is 5.75 Å². The fraction of sp³-hybridized carbons (Fsp3) is 0.462. The molecule has 0 aliphatic carbocycles. The summed E-state index contributed by atoms with van der Waals surface area (Å²) in [4.78, 5) is 10.6. The Balaban J connectivity index is 1.84. The Morgan fingerprint density at radius 2 is 2.44 bits per heavy atom. The molecule has 98 valence electrons. The monoisotopic (exact) mass is 249 g/mol. The van der Waals surface area contributed by atoms with Gasteiger partial charge in [0.05, 0.1) is 0 Å². The Bertz CT molecular complexity index is 403. The number of carbonyl (C=O) groups is 1. The Morgan fingerprint density at radius 1 is 1.56 bits per heavy atom. The lowest BCUT2D eigenvalue weighted by Crippen LogP contribution is -2.29. The third-order valence-corrected chi connectivity index (χ3v) is 2.93. The average molecular weight is 249 g/mol. The summed E-state index contributed by atoms with van der Waals surface area (Å²) in [6.07, 6.45) is 2.46. The van der Waals surface area contributed by atoms with Crippen LogP contribution in [0.4, 0.5) is 5.69 Å². The van der Waals surface area contributed by atoms with Crippen LogP contribution in [0, 0.1) is 0 Å². The number of anilines is 1. The molecule has 5 nitrogen and oxygen atoms in total. The molecule has 1 saturated heterocycles. The SMILES string of the molecule is NC(=O)COc1cccc(NCC2CCCN2)c1. The van der Waals surface area contributed by atoms with Gasteiger partial charge in [-0.3, -0.25) is 4.79 Å². The highest BCUT2D eigenvalue weighted by molar-refractivity contribution is 5.75. The van der Waals surface area contributed by atoms with Gasteiger partial charge in [-0.2, -0.15) is 0 Å². The molecule has 4 N–H and O–H groups in total. The standard InChI is InChI=1S/C13H19N3O2/c14-13(17)9-18-12-5-1-3-10(7-12)16-8-11-4-2-6-15-11/h1,3,5,7,11,15-16H,2,4,6,8-9H2,(H2,14,17). The molecule has 1 atom stereocenters. The van der Waals surface area contributed by atoms with E-state index in [1.165, 1.54) is 12.8 Å². The number of hydrogen-bond acceptors (Lipinski definition) is 4. The lowest BCUT2D eigenvalue weighted by Gasteiger charge is -2.13. The van der Waals surface area contributed by atoms with Crippen molar-refractivity contribution in [2.45, 2.75) is 18.9 Å². The molecule has 1 aliphatic rings. The highest BCUT2D eigenvalue weighted by atomic mass is 16.5. The molecule has 0 aromatic heterocycles. The van der Waals surface area contributed by atoms with E-state index in [1.54, 1.807) is 0 Å². The van der Waals surface area contributed by atoms with Crippen molar-refractivity contribution < 1.29 is 9.53 Å². The number of primary amides is 1. The molecule has 1 amide bonds. The second-order valence-corrected chi connectivity index (χ2v) is 4.46. The van der Waals surface area contributed by atoms with E-state index in [2.05, 4.69) is 10.6 Å². The van der Waals surface area contributed by atoms with Crippen LogP contribution in [0.2, 0.25) is 0 Å². The summed E-state index contributed by atoms with van der Waals surface area (Å²) in [5.41, 5.74) is 6.02. The number of nitrogens with one attached hydrogen (secondary N) is 2. The molecule has 2 rings (SSSR count). The van der Waals surface area contributed by atoms with Gasteiger partial charge in [0, 0.05) is 24.3 Å². The van der Waals surface area contributed by atoms with Crippen LogP contribution in [0.3, 0.4) is 0 Å². The minimum absolute atomic E-state index is 0.0896. The number of hydrogen-bond donors (Lipinski definition) is 3. The molecule has 0 bridgehead atoms. The lowest BCUT2D eigenvalue weighted by atomic mass is 10.2. The molecule has 0 radical (unpaired) electrons. The first kappa shape index (κ1) is 12.7. The number of rotatable bonds is 6. The van der Waals surface area contributed by atoms with Gasteiger partial charge in [0.25, 0.3) is 5.91 Å². The Kier molecular flexibility index (Phi) is 4.41. The molecule has 1 aromatic rings. The van der Waals surface area contributed by atoms with E-state index in [1.807, 2.05) is 24.3 Å². The summed E-state index contributed by atoms with van der Waals surface area (Å²) in [5.74, 6) is 0.182. The van der Waals surface area contributed by atoms with Crippen LogP contribution in [0.15, 0.2) is 24.3 Å². The smallest absolute Gasteiger partial charge is 0.255 e. The Labute approximate surface area is 107 Å². The van der Waals surface area contributed by atoms with Gasteiger partial charge < -0.3 is 21.1 Å². The van der Waals surface area contributed by atoms with Crippen LogP contribution >= 0.6 is 0 Å². The second-order valence-electron chi connectivity index (χ2n) is 4.46. The quantitative estimate of drug-likeness (QED) is 0.694. The topological polar surface area (TPSA) is 76.4 Å². The Hall–Kier alpha value is -1.75. The first-order valence-corrected chi connectivity index (χ1v) is 6.22. The van der Waals surface area contributed by atoms with Crippen molar-refractivity contribution in [3.05, 3.63) is 24.3 Å². The first-order valence-electron chi connectivity index (χ1n) is 6.22. The van der Waals surface area contributed by atoms with Gasteiger partial charge in [-0.05, 0) is 31.5 Å². The molecule has 0 saturated carbocycles. The molecule has 1 fully saturated rings. The molecule has 1 aromatic carbocycles. The molecular weight excluding hydrogens is 230 g/mol. The van der Waals surface area contributed by atoms with Gasteiger partial charge in [0.1, 0.15) is 5.75 Å². The molecule has 1 aliphatic heterocycles. The zero-order valence-electron chi connectivity index (χ0n) is 10.3. The van der Waals surface area contributed by atoms with E-state index < -0.39 is 5.91 Å². The van der Waals surface area contributed by atoms with Gasteiger partial charge >= 0.3 is 0 Å². The minimum atomic E-state index is -0.469. The van der Waals surface area contributed by atoms with Gasteiger partial charge in [-0.15, -0.1) is 0 Å². The summed E-state index contributed by atoms with van der Waals surface area (Å²) in [5, 5.41) is 6.78. The third kappa shape index (κ3) is 3.92. The minimum Gasteiger partial charge on any atom is -0.484 e. The summed E-state index contributed by atoms with van der Waals surface area (Å²) >= 11 is 0. The predicted octanol–water partition coefficient (Wildman–Crippen LogP) is 0.715. The summed E-state index contributed by atoms with van der Waals surface area (Å²) in [6, 6.07) is 8.09. The highest BCUT2D eigenvalue weighted by Gasteiger charge is 2.13. The molecule has 1 heterocycles. The van der Waals surface area contributed by atoms with E-state index >= 15 is 0 Å². The number of nitrogens with two attached hydrogens (primary N) is 1. The van der Waals surface area contributed by atoms with Crippen LogP contribution < -0.4 is 21.1 Å². The molecule has 5 heteroatoms. The maximum Gasteiger partial charge on any atom is 0.255 e. The molecule has 1 unspecified atom stereocenters. The van der Waals surface area contributed by atoms with Crippen molar-refractivity contribution >= 4 is 11.6 Å². The van der Waals surface area contributed by atoms with Crippen LogP contribution in [0.1, 0.15) is 12.8 Å². The predicted molar refractivity (Wildman–Crippen MR) is 70.6 cm³/mol. The van der Waals surface area contributed by atoms with Crippen molar-refractivity contribution in [1.29, 1.82) is 0 Å². The lowest BCUT2D eigenvalue weighted by molar-refractivity contribution is -0.119. The van der Waals surface area contributed by atoms with Crippen LogP contribution in [0.5, 0.6) is 5.75 Å². The van der Waals surface area contributed by atoms with E-state index in [-0.39, 0.29) is 6.61 Å². The zero-order chi connectivity index (χ0) is 12.8. The highest BCUT2D eigenvalue weighted by Crippen LogP contribution is 2.17. The summed E-state index contributed by atoms with van der Waals surface area (Å²) in [7, 11) is 0. The molecule has 18 heavy (non-hydrogen) atoms. The number of carbonyl (C=O) groups excluding carboxylic acids is 1. The van der Waals surface area contributed by atoms with Crippen LogP contribution in [-0.2, 0) is 4.79 Å². The number of ether oxygens (including phenoxy) is 1. The number of benzene rings is 1. The first-order chi connectivity index (χ1) is 8.74. The third-order valence-electron chi connectivity index (χ3n) is 2.93. The van der Waals surface area contributed by atoms with Crippen molar-refractivity contribution in [1.82, 2.24) is 5.32 Å². The number of amides is 1. The van der Waals surface area contributed by atoms with Crippen molar-refractivity contribution in [3.63, 3.8) is 0 Å². The average Bonchev–Trinajstić information content (AvgIpc) is 2.87. The normalized spacial score (nSPS) is 18.6. The maximum atomic E-state index is 10.6. The van der Waals surface area contributed by atoms with Gasteiger partial charge in [0.2, 0.25) is 0 Å². The van der Waals surface area contributed by atoms with Crippen LogP contribution in [-0.4, -0.2) is 31.6 Å². The van der Waals surface area contributed by atoms with Gasteiger partial charge in [-0.1, -0.05) is 6.07 Å². The molecule has 0 spiro atoms. The largest absolute Gasteiger partial charge is 0.484 e. The second kappa shape index (κ2) is 6.26. The van der Waals surface area contributed by atoms with Gasteiger partial charge in [0.15, 0.2) is 6.61 Å². The fourth-order valence-electron chi connectivity index (χ4n) is 2.02. The summed E-state index contributed by atoms with van der Waals surface area (Å²) in [6.45, 7) is 1.92. The Morgan fingerprint density at radius 3 is 3.17 bits per heavy atom. The fourth-order valence-corrected chi connectivity index (χ4v) is 2.02. The van der Waals surface area contributed by atoms with Crippen molar-refractivity contribution in [2.75, 3.05) is 25.0 Å². The van der Waals surface area contributed by atoms with Crippen LogP contribution in [0.25, 0.3) is 0 Å².